The summed E-state index contributed by atoms with van der Waals surface area (Å²) in [5.41, 5.74) is 0. The molecule has 0 atom stereocenters. The van der Waals surface area contributed by atoms with Crippen LogP contribution >= 0.6 is 0 Å². The van der Waals surface area contributed by atoms with E-state index in [2.05, 4.69) is 0 Å². The van der Waals surface area contributed by atoms with Crippen LogP contribution < -0.4 is 4.74 Å². The number of sulfonamides is 1. The van der Waals surface area contributed by atoms with Crippen molar-refractivity contribution in [2.24, 2.45) is 5.92 Å². The molecule has 1 aliphatic rings. The maximum Gasteiger partial charge on any atom is 0.243 e. The first kappa shape index (κ1) is 20.4. The Bertz CT molecular complexity index is 864. The van der Waals surface area contributed by atoms with Crippen LogP contribution in [0.3, 0.4) is 0 Å². The predicted octanol–water partition coefficient (Wildman–Crippen LogP) is 2.62. The van der Waals surface area contributed by atoms with Crippen molar-refractivity contribution in [2.75, 3.05) is 33.3 Å². The number of rotatable bonds is 7. The molecule has 0 aliphatic carbocycles. The van der Waals surface area contributed by atoms with Crippen molar-refractivity contribution in [1.82, 2.24) is 9.21 Å². The highest BCUT2D eigenvalue weighted by atomic mass is 32.2. The third kappa shape index (κ3) is 5.11. The number of carbonyl (C=O) groups is 1. The van der Waals surface area contributed by atoms with Gasteiger partial charge in [0.05, 0.1) is 18.0 Å². The molecule has 0 aromatic heterocycles. The smallest absolute Gasteiger partial charge is 0.243 e. The molecule has 1 aliphatic heterocycles. The lowest BCUT2D eigenvalue weighted by Gasteiger charge is -2.32. The molecule has 1 amide bonds. The lowest BCUT2D eigenvalue weighted by Crippen LogP contribution is -2.45. The molecular formula is C21H26N2O4S. The van der Waals surface area contributed by atoms with Crippen molar-refractivity contribution in [1.29, 1.82) is 0 Å². The molecule has 6 nitrogen and oxygen atoms in total. The number of para-hydroxylation sites is 1. The van der Waals surface area contributed by atoms with Gasteiger partial charge >= 0.3 is 0 Å². The van der Waals surface area contributed by atoms with Crippen LogP contribution in [0.2, 0.25) is 0 Å². The van der Waals surface area contributed by atoms with Crippen molar-refractivity contribution >= 4 is 15.9 Å². The molecule has 2 aromatic carbocycles. The number of ether oxygens (including phenoxy) is 1. The fraction of sp³-hybridized carbons (Fsp3) is 0.381. The summed E-state index contributed by atoms with van der Waals surface area (Å²) in [7, 11) is -2.21. The molecule has 3 rings (SSSR count). The van der Waals surface area contributed by atoms with Gasteiger partial charge in [0.1, 0.15) is 5.75 Å². The quantitative estimate of drug-likeness (QED) is 0.714. The monoisotopic (exact) mass is 402 g/mol. The zero-order valence-electron chi connectivity index (χ0n) is 16.0. The van der Waals surface area contributed by atoms with Gasteiger partial charge < -0.3 is 9.64 Å². The zero-order valence-corrected chi connectivity index (χ0v) is 16.8. The second kappa shape index (κ2) is 9.21. The van der Waals surface area contributed by atoms with Crippen LogP contribution in [0, 0.1) is 5.92 Å². The molecule has 0 radical (unpaired) electrons. The number of benzene rings is 2. The maximum atomic E-state index is 12.6. The van der Waals surface area contributed by atoms with Crippen LogP contribution in [-0.2, 0) is 14.8 Å². The summed E-state index contributed by atoms with van der Waals surface area (Å²) in [6.07, 6.45) is 1.71. The Hall–Kier alpha value is -2.38. The van der Waals surface area contributed by atoms with Gasteiger partial charge in [-0.3, -0.25) is 4.79 Å². The SMILES string of the molecule is CN(CC(=O)N1CCC(COc2ccccc2)CC1)S(=O)(=O)c1ccccc1. The van der Waals surface area contributed by atoms with E-state index in [9.17, 15) is 13.2 Å². The molecule has 2 aromatic rings. The Morgan fingerprint density at radius 2 is 1.61 bits per heavy atom. The molecule has 1 saturated heterocycles. The first-order valence-corrected chi connectivity index (χ1v) is 10.9. The molecule has 0 spiro atoms. The largest absolute Gasteiger partial charge is 0.493 e. The van der Waals surface area contributed by atoms with E-state index in [1.165, 1.54) is 19.2 Å². The van der Waals surface area contributed by atoms with E-state index in [0.29, 0.717) is 25.6 Å². The summed E-state index contributed by atoms with van der Waals surface area (Å²) in [4.78, 5) is 14.5. The van der Waals surface area contributed by atoms with Gasteiger partial charge in [-0.05, 0) is 43.0 Å². The van der Waals surface area contributed by atoms with E-state index in [4.69, 9.17) is 4.74 Å². The molecule has 28 heavy (non-hydrogen) atoms. The average Bonchev–Trinajstić information content (AvgIpc) is 2.74. The molecule has 0 bridgehead atoms. The molecule has 0 N–H and O–H groups in total. The summed E-state index contributed by atoms with van der Waals surface area (Å²) in [6, 6.07) is 17.9. The standard InChI is InChI=1S/C21H26N2O4S/c1-22(28(25,26)20-10-6-3-7-11-20)16-21(24)23-14-12-18(13-15-23)17-27-19-8-4-2-5-9-19/h2-11,18H,12-17H2,1H3. The van der Waals surface area contributed by atoms with E-state index >= 15 is 0 Å². The molecule has 0 unspecified atom stereocenters. The van der Waals surface area contributed by atoms with Gasteiger partial charge in [-0.15, -0.1) is 0 Å². The number of nitrogens with zero attached hydrogens (tertiary/aromatic N) is 2. The number of hydrogen-bond acceptors (Lipinski definition) is 4. The first-order chi connectivity index (χ1) is 13.5. The van der Waals surface area contributed by atoms with Gasteiger partial charge in [0.25, 0.3) is 0 Å². The minimum absolute atomic E-state index is 0.150. The number of likely N-dealkylation sites (tertiary alicyclic amines) is 1. The number of carbonyl (C=O) groups excluding carboxylic acids is 1. The van der Waals surface area contributed by atoms with Crippen LogP contribution in [-0.4, -0.2) is 56.8 Å². The number of likely N-dealkylation sites (N-methyl/N-ethyl adjacent to an activating group) is 1. The number of hydrogen-bond donors (Lipinski definition) is 0. The topological polar surface area (TPSA) is 66.9 Å². The van der Waals surface area contributed by atoms with Crippen LogP contribution in [0.15, 0.2) is 65.6 Å². The Labute approximate surface area is 166 Å². The first-order valence-electron chi connectivity index (χ1n) is 9.44. The van der Waals surface area contributed by atoms with E-state index in [-0.39, 0.29) is 17.3 Å². The van der Waals surface area contributed by atoms with Crippen LogP contribution in [0.4, 0.5) is 0 Å². The second-order valence-electron chi connectivity index (χ2n) is 7.02. The average molecular weight is 403 g/mol. The number of amides is 1. The second-order valence-corrected chi connectivity index (χ2v) is 9.07. The van der Waals surface area contributed by atoms with Gasteiger partial charge in [-0.1, -0.05) is 36.4 Å². The minimum atomic E-state index is -3.66. The number of piperidine rings is 1. The van der Waals surface area contributed by atoms with Gasteiger partial charge in [-0.2, -0.15) is 4.31 Å². The summed E-state index contributed by atoms with van der Waals surface area (Å²) in [5.74, 6) is 1.09. The zero-order chi connectivity index (χ0) is 20.0. The highest BCUT2D eigenvalue weighted by molar-refractivity contribution is 7.89. The van der Waals surface area contributed by atoms with Crippen molar-refractivity contribution in [3.05, 3.63) is 60.7 Å². The third-order valence-corrected chi connectivity index (χ3v) is 6.82. The van der Waals surface area contributed by atoms with Crippen molar-refractivity contribution in [2.45, 2.75) is 17.7 Å². The lowest BCUT2D eigenvalue weighted by atomic mass is 9.98. The van der Waals surface area contributed by atoms with Gasteiger partial charge in [0, 0.05) is 20.1 Å². The third-order valence-electron chi connectivity index (χ3n) is 5.01. The molecular weight excluding hydrogens is 376 g/mol. The van der Waals surface area contributed by atoms with Crippen LogP contribution in [0.25, 0.3) is 0 Å². The Morgan fingerprint density at radius 3 is 2.21 bits per heavy atom. The summed E-state index contributed by atoms with van der Waals surface area (Å²) in [6.45, 7) is 1.73. The highest BCUT2D eigenvalue weighted by Crippen LogP contribution is 2.20. The molecule has 150 valence electrons. The Kier molecular flexibility index (Phi) is 6.70. The maximum absolute atomic E-state index is 12.6. The fourth-order valence-corrected chi connectivity index (χ4v) is 4.37. The van der Waals surface area contributed by atoms with E-state index in [1.807, 2.05) is 30.3 Å². The summed E-state index contributed by atoms with van der Waals surface area (Å²) in [5, 5.41) is 0. The summed E-state index contributed by atoms with van der Waals surface area (Å²) >= 11 is 0. The Balaban J connectivity index is 1.47. The molecule has 1 fully saturated rings. The lowest BCUT2D eigenvalue weighted by molar-refractivity contribution is -0.132. The Morgan fingerprint density at radius 1 is 1.04 bits per heavy atom. The minimum Gasteiger partial charge on any atom is -0.493 e. The van der Waals surface area contributed by atoms with Gasteiger partial charge in [0.2, 0.25) is 15.9 Å². The molecule has 1 heterocycles. The molecule has 7 heteroatoms. The van der Waals surface area contributed by atoms with E-state index in [1.54, 1.807) is 23.1 Å². The van der Waals surface area contributed by atoms with Crippen LogP contribution in [0.5, 0.6) is 5.75 Å². The van der Waals surface area contributed by atoms with Crippen molar-refractivity contribution in [3.8, 4) is 5.75 Å². The predicted molar refractivity (Wildman–Crippen MR) is 107 cm³/mol. The van der Waals surface area contributed by atoms with Gasteiger partial charge in [-0.25, -0.2) is 8.42 Å². The van der Waals surface area contributed by atoms with Crippen LogP contribution in [0.1, 0.15) is 12.8 Å². The van der Waals surface area contributed by atoms with Crippen molar-refractivity contribution in [3.63, 3.8) is 0 Å². The highest BCUT2D eigenvalue weighted by Gasteiger charge is 2.27. The van der Waals surface area contributed by atoms with E-state index in [0.717, 1.165) is 22.9 Å². The summed E-state index contributed by atoms with van der Waals surface area (Å²) < 4.78 is 32.1. The fourth-order valence-electron chi connectivity index (χ4n) is 3.23. The normalized spacial score (nSPS) is 15.6. The van der Waals surface area contributed by atoms with Crippen molar-refractivity contribution < 1.29 is 17.9 Å². The van der Waals surface area contributed by atoms with Gasteiger partial charge in [0.15, 0.2) is 0 Å². The van der Waals surface area contributed by atoms with E-state index < -0.39 is 10.0 Å². The molecule has 0 saturated carbocycles.